The van der Waals surface area contributed by atoms with Crippen molar-refractivity contribution in [3.05, 3.63) is 47.5 Å². The first-order valence-corrected chi connectivity index (χ1v) is 8.53. The number of benzene rings is 1. The van der Waals surface area contributed by atoms with Gasteiger partial charge in [0.1, 0.15) is 0 Å². The Morgan fingerprint density at radius 2 is 1.84 bits per heavy atom. The Labute approximate surface area is 148 Å². The molecular weight excluding hydrogens is 318 g/mol. The van der Waals surface area contributed by atoms with Gasteiger partial charge >= 0.3 is 5.97 Å². The van der Waals surface area contributed by atoms with Crippen molar-refractivity contribution in [3.63, 3.8) is 0 Å². The van der Waals surface area contributed by atoms with Crippen LogP contribution < -0.4 is 5.32 Å². The summed E-state index contributed by atoms with van der Waals surface area (Å²) in [5, 5.41) is 2.23. The van der Waals surface area contributed by atoms with Crippen molar-refractivity contribution >= 4 is 17.8 Å². The van der Waals surface area contributed by atoms with Gasteiger partial charge in [-0.2, -0.15) is 0 Å². The summed E-state index contributed by atoms with van der Waals surface area (Å²) in [6.07, 6.45) is 6.21. The van der Waals surface area contributed by atoms with Crippen molar-refractivity contribution in [2.24, 2.45) is 5.92 Å². The molecular formula is C20H25NO4. The Hall–Kier alpha value is -2.43. The van der Waals surface area contributed by atoms with E-state index in [-0.39, 0.29) is 17.8 Å². The minimum Gasteiger partial charge on any atom is -0.456 e. The van der Waals surface area contributed by atoms with Crippen LogP contribution in [-0.4, -0.2) is 24.4 Å². The molecule has 0 radical (unpaired) electrons. The van der Waals surface area contributed by atoms with E-state index < -0.39 is 24.4 Å². The third-order valence-corrected chi connectivity index (χ3v) is 4.17. The molecule has 5 nitrogen and oxygen atoms in total. The third kappa shape index (κ3) is 5.85. The summed E-state index contributed by atoms with van der Waals surface area (Å²) in [5.41, 5.74) is 1.49. The SMILES string of the molecule is CC(C)(C)c1ccc(C(=O)NC(=O)COC(=O)C[C@@H]2C=CCC2)cc1. The number of carbonyl (C=O) groups is 3. The Morgan fingerprint density at radius 1 is 1.16 bits per heavy atom. The van der Waals surface area contributed by atoms with E-state index in [4.69, 9.17) is 4.74 Å². The molecule has 0 bridgehead atoms. The van der Waals surface area contributed by atoms with Crippen LogP contribution in [0.15, 0.2) is 36.4 Å². The van der Waals surface area contributed by atoms with Crippen molar-refractivity contribution < 1.29 is 19.1 Å². The van der Waals surface area contributed by atoms with Crippen LogP contribution in [0.3, 0.4) is 0 Å². The molecule has 0 spiro atoms. The molecule has 134 valence electrons. The molecule has 0 saturated heterocycles. The number of hydrogen-bond acceptors (Lipinski definition) is 4. The molecule has 1 atom stereocenters. The lowest BCUT2D eigenvalue weighted by Crippen LogP contribution is -2.34. The topological polar surface area (TPSA) is 72.5 Å². The fraction of sp³-hybridized carbons (Fsp3) is 0.450. The molecule has 0 heterocycles. The van der Waals surface area contributed by atoms with E-state index in [1.807, 2.05) is 24.3 Å². The lowest BCUT2D eigenvalue weighted by atomic mass is 9.87. The van der Waals surface area contributed by atoms with Gasteiger partial charge in [0, 0.05) is 5.56 Å². The van der Waals surface area contributed by atoms with E-state index in [0.717, 1.165) is 18.4 Å². The quantitative estimate of drug-likeness (QED) is 0.658. The number of imide groups is 1. The van der Waals surface area contributed by atoms with Crippen molar-refractivity contribution in [2.45, 2.75) is 45.4 Å². The van der Waals surface area contributed by atoms with Crippen LogP contribution in [0.25, 0.3) is 0 Å². The van der Waals surface area contributed by atoms with Crippen molar-refractivity contribution in [2.75, 3.05) is 6.61 Å². The van der Waals surface area contributed by atoms with E-state index in [0.29, 0.717) is 5.56 Å². The molecule has 2 amide bonds. The highest BCUT2D eigenvalue weighted by atomic mass is 16.5. The number of nitrogens with one attached hydrogen (secondary N) is 1. The predicted molar refractivity (Wildman–Crippen MR) is 95.1 cm³/mol. The second-order valence-corrected chi connectivity index (χ2v) is 7.34. The van der Waals surface area contributed by atoms with Gasteiger partial charge in [0.05, 0.1) is 6.42 Å². The monoisotopic (exact) mass is 343 g/mol. The predicted octanol–water partition coefficient (Wildman–Crippen LogP) is 3.14. The molecule has 0 fully saturated rings. The molecule has 0 aliphatic heterocycles. The molecule has 1 N–H and O–H groups in total. The van der Waals surface area contributed by atoms with Crippen LogP contribution in [0.5, 0.6) is 0 Å². The van der Waals surface area contributed by atoms with Crippen LogP contribution >= 0.6 is 0 Å². The molecule has 0 saturated carbocycles. The second-order valence-electron chi connectivity index (χ2n) is 7.34. The maximum Gasteiger partial charge on any atom is 0.306 e. The van der Waals surface area contributed by atoms with Gasteiger partial charge in [0.15, 0.2) is 6.61 Å². The molecule has 1 aliphatic carbocycles. The Kier molecular flexibility index (Phi) is 6.12. The van der Waals surface area contributed by atoms with E-state index in [9.17, 15) is 14.4 Å². The summed E-state index contributed by atoms with van der Waals surface area (Å²) in [4.78, 5) is 35.5. The van der Waals surface area contributed by atoms with E-state index in [1.165, 1.54) is 0 Å². The first-order chi connectivity index (χ1) is 11.8. The minimum absolute atomic E-state index is 0.00642. The number of allylic oxidation sites excluding steroid dienone is 2. The van der Waals surface area contributed by atoms with Crippen LogP contribution in [0, 0.1) is 5.92 Å². The first-order valence-electron chi connectivity index (χ1n) is 8.53. The van der Waals surface area contributed by atoms with E-state index in [1.54, 1.807) is 12.1 Å². The largest absolute Gasteiger partial charge is 0.456 e. The highest BCUT2D eigenvalue weighted by molar-refractivity contribution is 6.05. The van der Waals surface area contributed by atoms with Gasteiger partial charge in [0.2, 0.25) is 0 Å². The van der Waals surface area contributed by atoms with Crippen LogP contribution in [0.1, 0.15) is 56.0 Å². The summed E-state index contributed by atoms with van der Waals surface area (Å²) >= 11 is 0. The molecule has 0 unspecified atom stereocenters. The number of carbonyl (C=O) groups excluding carboxylic acids is 3. The number of ether oxygens (including phenoxy) is 1. The molecule has 2 rings (SSSR count). The maximum absolute atomic E-state index is 12.1. The summed E-state index contributed by atoms with van der Waals surface area (Å²) in [6.45, 7) is 5.81. The average molecular weight is 343 g/mol. The molecule has 1 aromatic rings. The smallest absolute Gasteiger partial charge is 0.306 e. The number of esters is 1. The Bertz CT molecular complexity index is 668. The third-order valence-electron chi connectivity index (χ3n) is 4.17. The van der Waals surface area contributed by atoms with Gasteiger partial charge in [-0.05, 0) is 41.9 Å². The van der Waals surface area contributed by atoms with Gasteiger partial charge in [-0.25, -0.2) is 0 Å². The zero-order valence-electron chi connectivity index (χ0n) is 15.0. The normalized spacial score (nSPS) is 16.5. The molecule has 1 aromatic carbocycles. The van der Waals surface area contributed by atoms with E-state index >= 15 is 0 Å². The number of amides is 2. The number of hydrogen-bond donors (Lipinski definition) is 1. The molecule has 0 aromatic heterocycles. The van der Waals surface area contributed by atoms with Gasteiger partial charge in [-0.3, -0.25) is 19.7 Å². The maximum atomic E-state index is 12.1. The van der Waals surface area contributed by atoms with Crippen LogP contribution in [0.4, 0.5) is 0 Å². The van der Waals surface area contributed by atoms with Gasteiger partial charge < -0.3 is 4.74 Å². The fourth-order valence-corrected chi connectivity index (χ4v) is 2.64. The lowest BCUT2D eigenvalue weighted by molar-refractivity contribution is -0.148. The highest BCUT2D eigenvalue weighted by Crippen LogP contribution is 2.22. The zero-order chi connectivity index (χ0) is 18.4. The van der Waals surface area contributed by atoms with Crippen molar-refractivity contribution in [1.29, 1.82) is 0 Å². The summed E-state index contributed by atoms with van der Waals surface area (Å²) in [7, 11) is 0. The highest BCUT2D eigenvalue weighted by Gasteiger charge is 2.18. The van der Waals surface area contributed by atoms with E-state index in [2.05, 4.69) is 26.1 Å². The molecule has 1 aliphatic rings. The van der Waals surface area contributed by atoms with Crippen LogP contribution in [0.2, 0.25) is 0 Å². The molecule has 25 heavy (non-hydrogen) atoms. The summed E-state index contributed by atoms with van der Waals surface area (Å²) in [5.74, 6) is -1.35. The lowest BCUT2D eigenvalue weighted by Gasteiger charge is -2.19. The molecule has 5 heteroatoms. The van der Waals surface area contributed by atoms with Gasteiger partial charge in [-0.1, -0.05) is 45.1 Å². The Balaban J connectivity index is 1.78. The standard InChI is InChI=1S/C20H25NO4/c1-20(2,3)16-10-8-15(9-11-16)19(24)21-17(22)13-25-18(23)12-14-6-4-5-7-14/h4,6,8-11,14H,5,7,12-13H2,1-3H3,(H,21,22,24)/t14-/m1/s1. The second kappa shape index (κ2) is 8.10. The first kappa shape index (κ1) is 18.9. The zero-order valence-corrected chi connectivity index (χ0v) is 15.0. The summed E-state index contributed by atoms with van der Waals surface area (Å²) < 4.78 is 4.93. The summed E-state index contributed by atoms with van der Waals surface area (Å²) in [6, 6.07) is 7.10. The average Bonchev–Trinajstić information content (AvgIpc) is 3.05. The minimum atomic E-state index is -0.625. The fourth-order valence-electron chi connectivity index (χ4n) is 2.64. The van der Waals surface area contributed by atoms with Crippen molar-refractivity contribution in [3.8, 4) is 0 Å². The van der Waals surface area contributed by atoms with Crippen LogP contribution in [-0.2, 0) is 19.7 Å². The Morgan fingerprint density at radius 3 is 2.40 bits per heavy atom. The van der Waals surface area contributed by atoms with Crippen molar-refractivity contribution in [1.82, 2.24) is 5.32 Å². The van der Waals surface area contributed by atoms with Gasteiger partial charge in [0.25, 0.3) is 11.8 Å². The van der Waals surface area contributed by atoms with Gasteiger partial charge in [-0.15, -0.1) is 0 Å². The number of rotatable bonds is 5.